The standard InChI is InChI=1S/C14H12BrFN2S/c1-8-5-6-10(16)12(7-8)18-11-4-2-3-9(15)13(11)14(17)19/h2-7,18H,1H3,(H2,17,19). The third kappa shape index (κ3) is 3.11. The maximum Gasteiger partial charge on any atom is 0.146 e. The summed E-state index contributed by atoms with van der Waals surface area (Å²) in [4.78, 5) is 0.253. The van der Waals surface area contributed by atoms with Crippen molar-refractivity contribution in [3.8, 4) is 0 Å². The first kappa shape index (κ1) is 14.0. The number of rotatable bonds is 3. The molecule has 0 radical (unpaired) electrons. The van der Waals surface area contributed by atoms with Gasteiger partial charge in [0.05, 0.1) is 5.69 Å². The predicted molar refractivity (Wildman–Crippen MR) is 84.4 cm³/mol. The second-order valence-corrected chi connectivity index (χ2v) is 5.43. The lowest BCUT2D eigenvalue weighted by atomic mass is 10.1. The number of anilines is 2. The molecule has 98 valence electrons. The predicted octanol–water partition coefficient (Wildman–Crippen LogP) is 4.27. The van der Waals surface area contributed by atoms with Crippen molar-refractivity contribution in [2.75, 3.05) is 5.32 Å². The largest absolute Gasteiger partial charge is 0.389 e. The lowest BCUT2D eigenvalue weighted by molar-refractivity contribution is 0.631. The Balaban J connectivity index is 2.46. The summed E-state index contributed by atoms with van der Waals surface area (Å²) in [6.07, 6.45) is 0. The van der Waals surface area contributed by atoms with Crippen molar-refractivity contribution in [1.82, 2.24) is 0 Å². The van der Waals surface area contributed by atoms with Crippen LogP contribution in [0.25, 0.3) is 0 Å². The second-order valence-electron chi connectivity index (χ2n) is 4.13. The Labute approximate surface area is 124 Å². The lowest BCUT2D eigenvalue weighted by Crippen LogP contribution is -2.13. The number of hydrogen-bond acceptors (Lipinski definition) is 2. The third-order valence-corrected chi connectivity index (χ3v) is 3.52. The van der Waals surface area contributed by atoms with E-state index in [4.69, 9.17) is 18.0 Å². The van der Waals surface area contributed by atoms with Crippen LogP contribution in [-0.4, -0.2) is 4.99 Å². The van der Waals surface area contributed by atoms with E-state index in [2.05, 4.69) is 21.2 Å². The van der Waals surface area contributed by atoms with Crippen LogP contribution in [0.1, 0.15) is 11.1 Å². The number of hydrogen-bond donors (Lipinski definition) is 2. The molecule has 0 saturated carbocycles. The second kappa shape index (κ2) is 5.67. The summed E-state index contributed by atoms with van der Waals surface area (Å²) in [5.74, 6) is -0.320. The Bertz CT molecular complexity index is 643. The summed E-state index contributed by atoms with van der Waals surface area (Å²) in [5.41, 5.74) is 8.41. The molecular formula is C14H12BrFN2S. The van der Waals surface area contributed by atoms with Gasteiger partial charge in [-0.05, 0) is 52.7 Å². The van der Waals surface area contributed by atoms with Gasteiger partial charge in [-0.15, -0.1) is 0 Å². The Morgan fingerprint density at radius 1 is 1.26 bits per heavy atom. The average molecular weight is 339 g/mol. The molecule has 0 aromatic heterocycles. The molecule has 2 aromatic rings. The quantitative estimate of drug-likeness (QED) is 0.820. The van der Waals surface area contributed by atoms with Gasteiger partial charge in [0, 0.05) is 15.7 Å². The minimum Gasteiger partial charge on any atom is -0.389 e. The van der Waals surface area contributed by atoms with Crippen LogP contribution in [0, 0.1) is 12.7 Å². The van der Waals surface area contributed by atoms with Crippen molar-refractivity contribution < 1.29 is 4.39 Å². The number of benzene rings is 2. The molecule has 0 aliphatic rings. The minimum atomic E-state index is -0.320. The maximum atomic E-state index is 13.8. The molecule has 2 aromatic carbocycles. The fourth-order valence-corrected chi connectivity index (χ4v) is 2.69. The SMILES string of the molecule is Cc1ccc(F)c(Nc2cccc(Br)c2C(N)=S)c1. The zero-order valence-electron chi connectivity index (χ0n) is 10.2. The smallest absolute Gasteiger partial charge is 0.146 e. The Hall–Kier alpha value is -1.46. The molecule has 5 heteroatoms. The van der Waals surface area contributed by atoms with Gasteiger partial charge in [0.15, 0.2) is 0 Å². The van der Waals surface area contributed by atoms with Gasteiger partial charge >= 0.3 is 0 Å². The van der Waals surface area contributed by atoms with Gasteiger partial charge in [0.25, 0.3) is 0 Å². The van der Waals surface area contributed by atoms with Crippen LogP contribution in [0.5, 0.6) is 0 Å². The molecule has 0 spiro atoms. The summed E-state index contributed by atoms with van der Waals surface area (Å²) in [6, 6.07) is 10.4. The molecule has 0 atom stereocenters. The van der Waals surface area contributed by atoms with Crippen molar-refractivity contribution >= 4 is 44.5 Å². The monoisotopic (exact) mass is 338 g/mol. The van der Waals surface area contributed by atoms with Crippen LogP contribution in [-0.2, 0) is 0 Å². The molecule has 0 heterocycles. The maximum absolute atomic E-state index is 13.8. The van der Waals surface area contributed by atoms with Crippen LogP contribution in [0.2, 0.25) is 0 Å². The van der Waals surface area contributed by atoms with Crippen LogP contribution in [0.15, 0.2) is 40.9 Å². The molecule has 0 unspecified atom stereocenters. The Morgan fingerprint density at radius 2 is 2.00 bits per heavy atom. The Morgan fingerprint density at radius 3 is 2.68 bits per heavy atom. The summed E-state index contributed by atoms with van der Waals surface area (Å²) < 4.78 is 14.5. The van der Waals surface area contributed by atoms with E-state index in [0.29, 0.717) is 16.9 Å². The molecule has 0 amide bonds. The van der Waals surface area contributed by atoms with Gasteiger partial charge in [-0.2, -0.15) is 0 Å². The van der Waals surface area contributed by atoms with Gasteiger partial charge in [0.1, 0.15) is 10.8 Å². The normalized spacial score (nSPS) is 10.3. The molecule has 2 rings (SSSR count). The Kier molecular flexibility index (Phi) is 4.17. The summed E-state index contributed by atoms with van der Waals surface area (Å²) in [6.45, 7) is 1.90. The third-order valence-electron chi connectivity index (χ3n) is 2.65. The zero-order chi connectivity index (χ0) is 14.0. The highest BCUT2D eigenvalue weighted by Crippen LogP contribution is 2.28. The van der Waals surface area contributed by atoms with Crippen LogP contribution < -0.4 is 11.1 Å². The number of nitrogens with two attached hydrogens (primary N) is 1. The van der Waals surface area contributed by atoms with E-state index in [1.807, 2.05) is 19.1 Å². The van der Waals surface area contributed by atoms with Gasteiger partial charge in [-0.25, -0.2) is 4.39 Å². The minimum absolute atomic E-state index is 0.253. The number of thiocarbonyl (C=S) groups is 1. The topological polar surface area (TPSA) is 38.0 Å². The van der Waals surface area contributed by atoms with Crippen molar-refractivity contribution in [2.45, 2.75) is 6.92 Å². The lowest BCUT2D eigenvalue weighted by Gasteiger charge is -2.13. The van der Waals surface area contributed by atoms with Crippen molar-refractivity contribution in [2.24, 2.45) is 5.73 Å². The van der Waals surface area contributed by atoms with Crippen LogP contribution in [0.3, 0.4) is 0 Å². The molecule has 0 bridgehead atoms. The first-order chi connectivity index (χ1) is 8.99. The van der Waals surface area contributed by atoms with Crippen molar-refractivity contribution in [3.05, 3.63) is 57.8 Å². The molecule has 0 fully saturated rings. The van der Waals surface area contributed by atoms with E-state index < -0.39 is 0 Å². The number of aryl methyl sites for hydroxylation is 1. The first-order valence-electron chi connectivity index (χ1n) is 5.60. The average Bonchev–Trinajstić information content (AvgIpc) is 2.33. The molecule has 2 nitrogen and oxygen atoms in total. The van der Waals surface area contributed by atoms with Crippen LogP contribution >= 0.6 is 28.1 Å². The fourth-order valence-electron chi connectivity index (χ4n) is 1.76. The van der Waals surface area contributed by atoms with Gasteiger partial charge < -0.3 is 11.1 Å². The van der Waals surface area contributed by atoms with Gasteiger partial charge in [-0.3, -0.25) is 0 Å². The molecule has 0 aliphatic heterocycles. The van der Waals surface area contributed by atoms with E-state index in [1.165, 1.54) is 6.07 Å². The number of nitrogens with one attached hydrogen (secondary N) is 1. The van der Waals surface area contributed by atoms with E-state index in [-0.39, 0.29) is 10.8 Å². The van der Waals surface area contributed by atoms with Gasteiger partial charge in [-0.1, -0.05) is 24.4 Å². The van der Waals surface area contributed by atoms with E-state index >= 15 is 0 Å². The summed E-state index contributed by atoms with van der Waals surface area (Å²) in [5, 5.41) is 3.03. The number of halogens is 2. The van der Waals surface area contributed by atoms with E-state index in [1.54, 1.807) is 18.2 Å². The highest BCUT2D eigenvalue weighted by atomic mass is 79.9. The molecular weight excluding hydrogens is 327 g/mol. The van der Waals surface area contributed by atoms with Gasteiger partial charge in [0.2, 0.25) is 0 Å². The fraction of sp³-hybridized carbons (Fsp3) is 0.0714. The zero-order valence-corrected chi connectivity index (χ0v) is 12.6. The molecule has 0 aliphatic carbocycles. The molecule has 0 saturated heterocycles. The molecule has 3 N–H and O–H groups in total. The first-order valence-corrected chi connectivity index (χ1v) is 6.80. The summed E-state index contributed by atoms with van der Waals surface area (Å²) in [7, 11) is 0. The van der Waals surface area contributed by atoms with Crippen molar-refractivity contribution in [1.29, 1.82) is 0 Å². The molecule has 19 heavy (non-hydrogen) atoms. The van der Waals surface area contributed by atoms with Crippen LogP contribution in [0.4, 0.5) is 15.8 Å². The van der Waals surface area contributed by atoms with Crippen molar-refractivity contribution in [3.63, 3.8) is 0 Å². The highest BCUT2D eigenvalue weighted by Gasteiger charge is 2.11. The van der Waals surface area contributed by atoms with E-state index in [9.17, 15) is 4.39 Å². The summed E-state index contributed by atoms with van der Waals surface area (Å²) >= 11 is 8.42. The van der Waals surface area contributed by atoms with E-state index in [0.717, 1.165) is 10.0 Å². The highest BCUT2D eigenvalue weighted by molar-refractivity contribution is 9.10.